The first kappa shape index (κ1) is 32.5. The Morgan fingerprint density at radius 2 is 0.845 bits per heavy atom. The van der Waals surface area contributed by atoms with Crippen molar-refractivity contribution in [3.63, 3.8) is 0 Å². The molecule has 58 heavy (non-hydrogen) atoms. The van der Waals surface area contributed by atoms with E-state index in [1.807, 2.05) is 0 Å². The summed E-state index contributed by atoms with van der Waals surface area (Å²) in [6, 6.07) is 76.8. The van der Waals surface area contributed by atoms with Crippen LogP contribution in [-0.2, 0) is 0 Å². The summed E-state index contributed by atoms with van der Waals surface area (Å²) in [6.07, 6.45) is 0. The van der Waals surface area contributed by atoms with Crippen LogP contribution in [0.4, 0.5) is 0 Å². The number of fused-ring (bicyclic) bond motifs is 12. The fraction of sp³-hybridized carbons (Fsp3) is 0. The van der Waals surface area contributed by atoms with E-state index in [1.54, 1.807) is 0 Å². The van der Waals surface area contributed by atoms with Gasteiger partial charge in [-0.1, -0.05) is 158 Å². The van der Waals surface area contributed by atoms with Crippen LogP contribution < -0.4 is 0 Å². The van der Waals surface area contributed by atoms with Gasteiger partial charge in [0.25, 0.3) is 0 Å². The van der Waals surface area contributed by atoms with E-state index in [4.69, 9.17) is 4.98 Å². The molecule has 0 bridgehead atoms. The maximum absolute atomic E-state index is 5.57. The third kappa shape index (κ3) is 5.04. The molecule has 0 spiro atoms. The third-order valence-electron chi connectivity index (χ3n) is 11.8. The molecule has 0 fully saturated rings. The Labute approximate surface area is 335 Å². The second-order valence-electron chi connectivity index (χ2n) is 15.2. The van der Waals surface area contributed by atoms with Gasteiger partial charge in [-0.2, -0.15) is 0 Å². The average molecular weight is 738 g/mol. The molecule has 4 aromatic heterocycles. The molecule has 0 amide bonds. The summed E-state index contributed by atoms with van der Waals surface area (Å²) < 4.78 is 4.84. The molecular formula is C55H35N3. The van der Waals surface area contributed by atoms with Crippen LogP contribution in [0.25, 0.3) is 110 Å². The molecule has 12 aromatic rings. The molecule has 0 saturated heterocycles. The molecule has 4 heterocycles. The lowest BCUT2D eigenvalue weighted by Gasteiger charge is -2.15. The predicted octanol–water partition coefficient (Wildman–Crippen LogP) is 14.6. The molecule has 0 aliphatic heterocycles. The van der Waals surface area contributed by atoms with E-state index < -0.39 is 0 Å². The largest absolute Gasteiger partial charge is 0.309 e. The molecule has 0 unspecified atom stereocenters. The van der Waals surface area contributed by atoms with Crippen LogP contribution >= 0.6 is 0 Å². The molecule has 3 heteroatoms. The summed E-state index contributed by atoms with van der Waals surface area (Å²) in [7, 11) is 0. The van der Waals surface area contributed by atoms with Crippen LogP contribution in [0.1, 0.15) is 0 Å². The van der Waals surface area contributed by atoms with Crippen molar-refractivity contribution < 1.29 is 0 Å². The normalized spacial score (nSPS) is 11.8. The van der Waals surface area contributed by atoms with E-state index in [0.717, 1.165) is 44.8 Å². The Morgan fingerprint density at radius 1 is 0.293 bits per heavy atom. The van der Waals surface area contributed by atoms with Gasteiger partial charge in [-0.15, -0.1) is 0 Å². The molecule has 0 N–H and O–H groups in total. The van der Waals surface area contributed by atoms with Crippen molar-refractivity contribution in [2.24, 2.45) is 0 Å². The molecular weight excluding hydrogens is 703 g/mol. The number of hydrogen-bond acceptors (Lipinski definition) is 1. The third-order valence-corrected chi connectivity index (χ3v) is 11.8. The quantitative estimate of drug-likeness (QED) is 0.161. The number of benzene rings is 8. The number of nitrogens with zero attached hydrogens (tertiary/aromatic N) is 3. The van der Waals surface area contributed by atoms with Crippen LogP contribution in [0.5, 0.6) is 0 Å². The first-order valence-corrected chi connectivity index (χ1v) is 19.9. The second-order valence-corrected chi connectivity index (χ2v) is 15.2. The van der Waals surface area contributed by atoms with Gasteiger partial charge in [-0.05, 0) is 93.4 Å². The van der Waals surface area contributed by atoms with Gasteiger partial charge in [0.15, 0.2) is 0 Å². The lowest BCUT2D eigenvalue weighted by molar-refractivity contribution is 1.08. The number of pyridine rings is 2. The summed E-state index contributed by atoms with van der Waals surface area (Å²) in [6.45, 7) is 0. The van der Waals surface area contributed by atoms with E-state index in [-0.39, 0.29) is 0 Å². The Bertz CT molecular complexity index is 3460. The number of hydrogen-bond donors (Lipinski definition) is 0. The Kier molecular flexibility index (Phi) is 7.23. The van der Waals surface area contributed by atoms with Gasteiger partial charge >= 0.3 is 0 Å². The van der Waals surface area contributed by atoms with E-state index in [1.165, 1.54) is 65.6 Å². The monoisotopic (exact) mass is 737 g/mol. The lowest BCUT2D eigenvalue weighted by Crippen LogP contribution is -2.00. The van der Waals surface area contributed by atoms with Gasteiger partial charge in [0.05, 0.1) is 33.3 Å². The van der Waals surface area contributed by atoms with Crippen molar-refractivity contribution in [3.8, 4) is 50.5 Å². The molecule has 0 aliphatic carbocycles. The molecule has 3 nitrogen and oxygen atoms in total. The number of aromatic nitrogens is 3. The number of rotatable bonds is 5. The topological polar surface area (TPSA) is 22.2 Å². The minimum absolute atomic E-state index is 0.880. The first-order chi connectivity index (χ1) is 28.8. The van der Waals surface area contributed by atoms with Gasteiger partial charge in [0.2, 0.25) is 0 Å². The molecule has 0 aliphatic rings. The van der Waals surface area contributed by atoms with Crippen LogP contribution in [-0.4, -0.2) is 14.0 Å². The van der Waals surface area contributed by atoms with E-state index >= 15 is 0 Å². The predicted molar refractivity (Wildman–Crippen MR) is 244 cm³/mol. The van der Waals surface area contributed by atoms with Crippen molar-refractivity contribution in [2.45, 2.75) is 0 Å². The molecule has 8 aromatic carbocycles. The fourth-order valence-electron chi connectivity index (χ4n) is 9.24. The molecule has 0 atom stereocenters. The van der Waals surface area contributed by atoms with Crippen molar-refractivity contribution in [2.75, 3.05) is 0 Å². The molecule has 270 valence electrons. The average Bonchev–Trinajstić information content (AvgIpc) is 3.86. The van der Waals surface area contributed by atoms with E-state index in [0.29, 0.717) is 0 Å². The Balaban J connectivity index is 1.17. The highest BCUT2D eigenvalue weighted by Gasteiger charge is 2.21. The van der Waals surface area contributed by atoms with Gasteiger partial charge < -0.3 is 4.40 Å². The summed E-state index contributed by atoms with van der Waals surface area (Å²) in [5, 5.41) is 7.41. The smallest absolute Gasteiger partial charge is 0.138 e. The maximum atomic E-state index is 5.57. The van der Waals surface area contributed by atoms with Crippen LogP contribution in [0.15, 0.2) is 212 Å². The zero-order chi connectivity index (χ0) is 38.2. The second kappa shape index (κ2) is 12.9. The van der Waals surface area contributed by atoms with Gasteiger partial charge in [0.1, 0.15) is 5.82 Å². The van der Waals surface area contributed by atoms with Crippen LogP contribution in [0.2, 0.25) is 0 Å². The Morgan fingerprint density at radius 3 is 1.59 bits per heavy atom. The van der Waals surface area contributed by atoms with Crippen LogP contribution in [0.3, 0.4) is 0 Å². The van der Waals surface area contributed by atoms with Crippen molar-refractivity contribution in [1.29, 1.82) is 0 Å². The Hall–Kier alpha value is -7.75. The van der Waals surface area contributed by atoms with E-state index in [2.05, 4.69) is 221 Å². The highest BCUT2D eigenvalue weighted by Crippen LogP contribution is 2.43. The fourth-order valence-corrected chi connectivity index (χ4v) is 9.24. The van der Waals surface area contributed by atoms with E-state index in [9.17, 15) is 0 Å². The highest BCUT2D eigenvalue weighted by atomic mass is 15.1. The minimum atomic E-state index is 0.880. The lowest BCUT2D eigenvalue weighted by atomic mass is 9.97. The van der Waals surface area contributed by atoms with Gasteiger partial charge in [0, 0.05) is 32.5 Å². The minimum Gasteiger partial charge on any atom is -0.309 e. The summed E-state index contributed by atoms with van der Waals surface area (Å²) in [4.78, 5) is 5.57. The molecule has 0 saturated carbocycles. The summed E-state index contributed by atoms with van der Waals surface area (Å²) in [5.41, 5.74) is 14.9. The molecule has 12 rings (SSSR count). The van der Waals surface area contributed by atoms with Crippen molar-refractivity contribution >= 4 is 59.9 Å². The van der Waals surface area contributed by atoms with Gasteiger partial charge in [-0.3, -0.25) is 4.57 Å². The molecule has 0 radical (unpaired) electrons. The standard InChI is InChI=1S/C55H35N3/c1-3-15-36(16-4-1)38-20-13-22-40(31-38)43-33-47(41-23-14-21-39(32-41)37-17-5-2-6-18-37)56-53(35-43)58-50-28-12-9-25-46(50)55-51(58)30-29-45-44-24-8-11-27-49(44)57-48-26-10-7-19-42(48)34-52(57)54(45)55/h1-35H. The first-order valence-electron chi connectivity index (χ1n) is 19.9. The van der Waals surface area contributed by atoms with Crippen molar-refractivity contribution in [1.82, 2.24) is 14.0 Å². The zero-order valence-electron chi connectivity index (χ0n) is 31.5. The van der Waals surface area contributed by atoms with Gasteiger partial charge in [-0.25, -0.2) is 4.98 Å². The van der Waals surface area contributed by atoms with Crippen LogP contribution in [0, 0.1) is 0 Å². The zero-order valence-corrected chi connectivity index (χ0v) is 31.5. The SMILES string of the molecule is c1ccc(-c2cccc(-c3cc(-c4cccc(-c5ccccc5)c4)nc(-n4c5ccccc5c5c6c(ccc54)c4ccccc4n4c5ccccc5cc64)c3)c2)cc1. The summed E-state index contributed by atoms with van der Waals surface area (Å²) >= 11 is 0. The summed E-state index contributed by atoms with van der Waals surface area (Å²) in [5.74, 6) is 0.880. The van der Waals surface area contributed by atoms with Crippen molar-refractivity contribution in [3.05, 3.63) is 212 Å². The maximum Gasteiger partial charge on any atom is 0.138 e. The number of para-hydroxylation sites is 3. The highest BCUT2D eigenvalue weighted by molar-refractivity contribution is 6.30.